The maximum absolute atomic E-state index is 12.3. The minimum absolute atomic E-state index is 0.0436. The molecule has 0 saturated heterocycles. The third-order valence-electron chi connectivity index (χ3n) is 3.65. The van der Waals surface area contributed by atoms with E-state index in [-0.39, 0.29) is 17.5 Å². The summed E-state index contributed by atoms with van der Waals surface area (Å²) in [7, 11) is 0. The van der Waals surface area contributed by atoms with E-state index in [1.54, 1.807) is 19.9 Å². The van der Waals surface area contributed by atoms with Crippen molar-refractivity contribution >= 4 is 11.8 Å². The maximum Gasteiger partial charge on any atom is 0.344 e. The Morgan fingerprint density at radius 3 is 2.40 bits per heavy atom. The lowest BCUT2D eigenvalue weighted by Crippen LogP contribution is -2.56. The molecule has 2 atom stereocenters. The molecule has 0 aromatic heterocycles. The van der Waals surface area contributed by atoms with Gasteiger partial charge in [-0.15, -0.1) is 0 Å². The zero-order chi connectivity index (χ0) is 15.1. The first kappa shape index (κ1) is 14.4. The number of fused-ring (bicyclic) bond motifs is 1. The van der Waals surface area contributed by atoms with E-state index < -0.39 is 23.0 Å². The first-order valence-electron chi connectivity index (χ1n) is 6.21. The van der Waals surface area contributed by atoms with Crippen molar-refractivity contribution in [2.45, 2.75) is 31.5 Å². The summed E-state index contributed by atoms with van der Waals surface area (Å²) < 4.78 is 0. The van der Waals surface area contributed by atoms with Crippen molar-refractivity contribution in [2.75, 3.05) is 0 Å². The maximum atomic E-state index is 12.3. The van der Waals surface area contributed by atoms with Crippen LogP contribution in [0.15, 0.2) is 35.9 Å². The van der Waals surface area contributed by atoms with Crippen LogP contribution in [0, 0.1) is 0 Å². The summed E-state index contributed by atoms with van der Waals surface area (Å²) in [4.78, 5) is 23.9. The first-order chi connectivity index (χ1) is 9.25. The van der Waals surface area contributed by atoms with Crippen LogP contribution in [-0.4, -0.2) is 32.7 Å². The second-order valence-corrected chi connectivity index (χ2v) is 5.24. The van der Waals surface area contributed by atoms with E-state index in [1.807, 2.05) is 0 Å². The number of benzene rings is 1. The Morgan fingerprint density at radius 1 is 1.25 bits per heavy atom. The highest BCUT2D eigenvalue weighted by Crippen LogP contribution is 2.46. The number of Topliss-reactive ketones (excluding diaryl/α,β-unsaturated/α-hetero) is 1. The van der Waals surface area contributed by atoms with Crippen LogP contribution < -0.4 is 0 Å². The van der Waals surface area contributed by atoms with Gasteiger partial charge < -0.3 is 15.3 Å². The number of hydrogen-bond acceptors (Lipinski definition) is 4. The number of aliphatic hydroxyl groups is 2. The van der Waals surface area contributed by atoms with E-state index >= 15 is 0 Å². The number of ketones is 1. The Bertz CT molecular complexity index is 614. The molecule has 0 fully saturated rings. The molecule has 0 bridgehead atoms. The monoisotopic (exact) mass is 276 g/mol. The molecular weight excluding hydrogens is 260 g/mol. The largest absolute Gasteiger partial charge is 0.479 e. The Hall–Kier alpha value is -1.98. The van der Waals surface area contributed by atoms with Gasteiger partial charge >= 0.3 is 5.97 Å². The number of rotatable bonds is 3. The lowest BCUT2D eigenvalue weighted by atomic mass is 9.80. The van der Waals surface area contributed by atoms with Crippen LogP contribution in [-0.2, 0) is 10.4 Å². The Labute approximate surface area is 116 Å². The average Bonchev–Trinajstić information content (AvgIpc) is 2.58. The number of hydrogen-bond donors (Lipinski definition) is 3. The third kappa shape index (κ3) is 1.71. The van der Waals surface area contributed by atoms with E-state index in [9.17, 15) is 24.9 Å². The van der Waals surface area contributed by atoms with Crippen molar-refractivity contribution in [1.82, 2.24) is 0 Å². The second-order valence-electron chi connectivity index (χ2n) is 5.24. The van der Waals surface area contributed by atoms with Crippen molar-refractivity contribution in [3.05, 3.63) is 47.0 Å². The summed E-state index contributed by atoms with van der Waals surface area (Å²) in [6, 6.07) is 5.84. The standard InChI is InChI=1S/C15H16O5/c1-9(2)7-8-14(19)12(16)10-5-3-4-6-11(10)15(14,20)13(17)18/h3-7,19-20H,8H2,1-2H3,(H,17,18)/t14-,15-/m1/s1. The lowest BCUT2D eigenvalue weighted by Gasteiger charge is -2.32. The number of carbonyl (C=O) groups excluding carboxylic acids is 1. The van der Waals surface area contributed by atoms with Crippen molar-refractivity contribution < 1.29 is 24.9 Å². The van der Waals surface area contributed by atoms with Gasteiger partial charge in [0.2, 0.25) is 5.60 Å². The summed E-state index contributed by atoms with van der Waals surface area (Å²) in [6.07, 6.45) is 1.28. The van der Waals surface area contributed by atoms with Gasteiger partial charge in [-0.25, -0.2) is 4.79 Å². The number of carboxylic acids is 1. The molecule has 0 radical (unpaired) electrons. The van der Waals surface area contributed by atoms with Crippen molar-refractivity contribution in [1.29, 1.82) is 0 Å². The quantitative estimate of drug-likeness (QED) is 0.722. The van der Waals surface area contributed by atoms with E-state index in [4.69, 9.17) is 0 Å². The average molecular weight is 276 g/mol. The van der Waals surface area contributed by atoms with E-state index in [0.717, 1.165) is 5.57 Å². The molecule has 1 aromatic rings. The molecule has 1 aliphatic carbocycles. The number of carboxylic acid groups (broad SMARTS) is 1. The molecule has 1 aromatic carbocycles. The Morgan fingerprint density at radius 2 is 1.85 bits per heavy atom. The van der Waals surface area contributed by atoms with Crippen LogP contribution in [0.4, 0.5) is 0 Å². The molecule has 0 spiro atoms. The first-order valence-corrected chi connectivity index (χ1v) is 6.21. The predicted octanol–water partition coefficient (Wildman–Crippen LogP) is 1.24. The van der Waals surface area contributed by atoms with Gasteiger partial charge in [0.05, 0.1) is 0 Å². The molecule has 0 aliphatic heterocycles. The van der Waals surface area contributed by atoms with Gasteiger partial charge in [0, 0.05) is 17.5 Å². The number of aliphatic carboxylic acids is 1. The van der Waals surface area contributed by atoms with Crippen molar-refractivity contribution in [3.8, 4) is 0 Å². The van der Waals surface area contributed by atoms with Crippen LogP contribution in [0.5, 0.6) is 0 Å². The predicted molar refractivity (Wildman–Crippen MR) is 71.3 cm³/mol. The van der Waals surface area contributed by atoms with Gasteiger partial charge in [-0.1, -0.05) is 35.9 Å². The molecule has 5 nitrogen and oxygen atoms in total. The lowest BCUT2D eigenvalue weighted by molar-refractivity contribution is -0.183. The van der Waals surface area contributed by atoms with Gasteiger partial charge in [-0.3, -0.25) is 4.79 Å². The number of allylic oxidation sites excluding steroid dienone is 1. The van der Waals surface area contributed by atoms with E-state index in [1.165, 1.54) is 24.3 Å². The van der Waals surface area contributed by atoms with Crippen molar-refractivity contribution in [2.24, 2.45) is 0 Å². The van der Waals surface area contributed by atoms with Gasteiger partial charge in [0.25, 0.3) is 0 Å². The molecule has 0 amide bonds. The number of carbonyl (C=O) groups is 2. The fourth-order valence-corrected chi connectivity index (χ4v) is 2.49. The molecule has 0 saturated carbocycles. The summed E-state index contributed by atoms with van der Waals surface area (Å²) in [5.41, 5.74) is -4.23. The zero-order valence-electron chi connectivity index (χ0n) is 11.3. The van der Waals surface area contributed by atoms with Crippen LogP contribution >= 0.6 is 0 Å². The topological polar surface area (TPSA) is 94.8 Å². The normalized spacial score (nSPS) is 28.1. The minimum atomic E-state index is -2.63. The SMILES string of the molecule is CC(C)=CC[C@@]1(O)C(=O)c2ccccc2[C@@]1(O)C(=O)O. The molecule has 106 valence electrons. The third-order valence-corrected chi connectivity index (χ3v) is 3.65. The highest BCUT2D eigenvalue weighted by molar-refractivity contribution is 6.13. The summed E-state index contributed by atoms with van der Waals surface area (Å²) in [5.74, 6) is -2.41. The summed E-state index contributed by atoms with van der Waals surface area (Å²) in [5, 5.41) is 30.5. The highest BCUT2D eigenvalue weighted by atomic mass is 16.4. The van der Waals surface area contributed by atoms with Gasteiger partial charge in [0.15, 0.2) is 11.4 Å². The van der Waals surface area contributed by atoms with E-state index in [0.29, 0.717) is 0 Å². The van der Waals surface area contributed by atoms with Gasteiger partial charge in [-0.2, -0.15) is 0 Å². The molecule has 5 heteroatoms. The van der Waals surface area contributed by atoms with Crippen molar-refractivity contribution in [3.63, 3.8) is 0 Å². The van der Waals surface area contributed by atoms with Crippen LogP contribution in [0.1, 0.15) is 36.2 Å². The summed E-state index contributed by atoms with van der Waals surface area (Å²) >= 11 is 0. The molecule has 2 rings (SSSR count). The fourth-order valence-electron chi connectivity index (χ4n) is 2.49. The van der Waals surface area contributed by atoms with Crippen LogP contribution in [0.2, 0.25) is 0 Å². The molecule has 1 aliphatic rings. The molecular formula is C15H16O5. The second kappa shape index (κ2) is 4.54. The fraction of sp³-hybridized carbons (Fsp3) is 0.333. The Kier molecular flexibility index (Phi) is 3.28. The molecule has 3 N–H and O–H groups in total. The van der Waals surface area contributed by atoms with Crippen LogP contribution in [0.25, 0.3) is 0 Å². The molecule has 0 unspecified atom stereocenters. The van der Waals surface area contributed by atoms with Gasteiger partial charge in [-0.05, 0) is 13.8 Å². The van der Waals surface area contributed by atoms with Crippen LogP contribution in [0.3, 0.4) is 0 Å². The molecule has 0 heterocycles. The van der Waals surface area contributed by atoms with E-state index in [2.05, 4.69) is 0 Å². The molecule has 20 heavy (non-hydrogen) atoms. The summed E-state index contributed by atoms with van der Waals surface area (Å²) in [6.45, 7) is 3.52. The minimum Gasteiger partial charge on any atom is -0.479 e. The van der Waals surface area contributed by atoms with Gasteiger partial charge in [0.1, 0.15) is 0 Å². The Balaban J connectivity index is 2.67. The smallest absolute Gasteiger partial charge is 0.344 e. The zero-order valence-corrected chi connectivity index (χ0v) is 11.3. The highest BCUT2D eigenvalue weighted by Gasteiger charge is 2.66.